The number of halogens is 1. The fraction of sp³-hybridized carbons (Fsp3) is 0.300. The SMILES string of the molecule is CC(C(=O)O)N(C)S(=O)(=O)c1ccc([N+](=O)[O-])cc1Br. The third kappa shape index (κ3) is 3.14. The van der Waals surface area contributed by atoms with E-state index in [2.05, 4.69) is 15.9 Å². The molecule has 0 fully saturated rings. The van der Waals surface area contributed by atoms with E-state index in [9.17, 15) is 23.3 Å². The fourth-order valence-corrected chi connectivity index (χ4v) is 3.67. The molecule has 0 aliphatic heterocycles. The molecule has 110 valence electrons. The Bertz CT molecular complexity index is 660. The zero-order chi connectivity index (χ0) is 15.7. The van der Waals surface area contributed by atoms with Gasteiger partial charge in [0.05, 0.1) is 9.82 Å². The number of aliphatic carboxylic acids is 1. The van der Waals surface area contributed by atoms with E-state index in [0.29, 0.717) is 4.31 Å². The topological polar surface area (TPSA) is 118 Å². The Morgan fingerprint density at radius 1 is 1.50 bits per heavy atom. The normalized spacial score (nSPS) is 13.2. The minimum atomic E-state index is -4.07. The van der Waals surface area contributed by atoms with E-state index in [-0.39, 0.29) is 15.1 Å². The molecule has 0 radical (unpaired) electrons. The quantitative estimate of drug-likeness (QED) is 0.622. The minimum absolute atomic E-state index is 0.00358. The van der Waals surface area contributed by atoms with Gasteiger partial charge in [-0.05, 0) is 28.9 Å². The smallest absolute Gasteiger partial charge is 0.321 e. The summed E-state index contributed by atoms with van der Waals surface area (Å²) in [5.74, 6) is -1.30. The fourth-order valence-electron chi connectivity index (χ4n) is 1.33. The van der Waals surface area contributed by atoms with Crippen molar-refractivity contribution < 1.29 is 23.2 Å². The average molecular weight is 367 g/mol. The number of carbonyl (C=O) groups is 1. The molecule has 0 heterocycles. The predicted molar refractivity (Wildman–Crippen MR) is 72.8 cm³/mol. The lowest BCUT2D eigenvalue weighted by Gasteiger charge is -2.21. The maximum Gasteiger partial charge on any atom is 0.321 e. The van der Waals surface area contributed by atoms with Crippen LogP contribution in [0.5, 0.6) is 0 Å². The molecule has 20 heavy (non-hydrogen) atoms. The van der Waals surface area contributed by atoms with Crippen molar-refractivity contribution >= 4 is 37.6 Å². The zero-order valence-corrected chi connectivity index (χ0v) is 12.9. The van der Waals surface area contributed by atoms with Gasteiger partial charge in [-0.15, -0.1) is 0 Å². The second kappa shape index (κ2) is 5.85. The Hall–Kier alpha value is -1.52. The van der Waals surface area contributed by atoms with E-state index in [1.54, 1.807) is 0 Å². The van der Waals surface area contributed by atoms with Crippen molar-refractivity contribution in [1.29, 1.82) is 0 Å². The summed E-state index contributed by atoms with van der Waals surface area (Å²) in [6.07, 6.45) is 0. The van der Waals surface area contributed by atoms with Crippen LogP contribution >= 0.6 is 15.9 Å². The molecule has 0 aromatic heterocycles. The minimum Gasteiger partial charge on any atom is -0.480 e. The number of hydrogen-bond donors (Lipinski definition) is 1. The van der Waals surface area contributed by atoms with Crippen LogP contribution in [-0.2, 0) is 14.8 Å². The van der Waals surface area contributed by atoms with Gasteiger partial charge in [-0.2, -0.15) is 4.31 Å². The van der Waals surface area contributed by atoms with Gasteiger partial charge in [-0.1, -0.05) is 0 Å². The van der Waals surface area contributed by atoms with Gasteiger partial charge in [0.2, 0.25) is 10.0 Å². The molecule has 0 bridgehead atoms. The molecule has 8 nitrogen and oxygen atoms in total. The summed E-state index contributed by atoms with van der Waals surface area (Å²) in [5.41, 5.74) is -0.273. The van der Waals surface area contributed by atoms with E-state index in [1.165, 1.54) is 6.92 Å². The molecule has 1 aromatic carbocycles. The molecule has 0 amide bonds. The Kier molecular flexibility index (Phi) is 4.84. The first-order valence-electron chi connectivity index (χ1n) is 5.23. The molecule has 1 unspecified atom stereocenters. The van der Waals surface area contributed by atoms with E-state index >= 15 is 0 Å². The number of nitro benzene ring substituents is 1. The number of carboxylic acids is 1. The number of benzene rings is 1. The number of nitro groups is 1. The monoisotopic (exact) mass is 366 g/mol. The first-order valence-corrected chi connectivity index (χ1v) is 7.47. The standard InChI is InChI=1S/C10H11BrN2O6S/c1-6(10(14)15)12(2)20(18,19)9-4-3-7(13(16)17)5-8(9)11/h3-6H,1-2H3,(H,14,15). The largest absolute Gasteiger partial charge is 0.480 e. The molecule has 0 aliphatic rings. The molecule has 1 N–H and O–H groups in total. The summed E-state index contributed by atoms with van der Waals surface area (Å²) < 4.78 is 25.2. The summed E-state index contributed by atoms with van der Waals surface area (Å²) in [6, 6.07) is 1.88. The number of carboxylic acid groups (broad SMARTS) is 1. The molecule has 0 aliphatic carbocycles. The number of nitrogens with zero attached hydrogens (tertiary/aromatic N) is 2. The first kappa shape index (κ1) is 16.5. The van der Waals surface area contributed by atoms with Crippen LogP contribution in [0.3, 0.4) is 0 Å². The van der Waals surface area contributed by atoms with Crippen LogP contribution in [0, 0.1) is 10.1 Å². The molecule has 0 saturated carbocycles. The Balaban J connectivity index is 3.30. The summed E-state index contributed by atoms with van der Waals surface area (Å²) in [5, 5.41) is 19.4. The van der Waals surface area contributed by atoms with Crippen molar-refractivity contribution in [2.24, 2.45) is 0 Å². The van der Waals surface area contributed by atoms with Gasteiger partial charge >= 0.3 is 5.97 Å². The van der Waals surface area contributed by atoms with Crippen molar-refractivity contribution in [3.05, 3.63) is 32.8 Å². The molecule has 1 rings (SSSR count). The Morgan fingerprint density at radius 2 is 2.05 bits per heavy atom. The van der Waals surface area contributed by atoms with Crippen molar-refractivity contribution in [2.75, 3.05) is 7.05 Å². The van der Waals surface area contributed by atoms with Crippen molar-refractivity contribution in [3.63, 3.8) is 0 Å². The van der Waals surface area contributed by atoms with Gasteiger partial charge in [-0.25, -0.2) is 8.42 Å². The Labute approximate surface area is 123 Å². The average Bonchev–Trinajstić information content (AvgIpc) is 2.36. The summed E-state index contributed by atoms with van der Waals surface area (Å²) in [4.78, 5) is 20.5. The molecule has 1 aromatic rings. The highest BCUT2D eigenvalue weighted by Gasteiger charge is 2.31. The molecule has 10 heteroatoms. The maximum absolute atomic E-state index is 12.2. The van der Waals surface area contributed by atoms with E-state index in [1.807, 2.05) is 0 Å². The van der Waals surface area contributed by atoms with E-state index in [0.717, 1.165) is 25.2 Å². The summed E-state index contributed by atoms with van der Waals surface area (Å²) >= 11 is 2.95. The van der Waals surface area contributed by atoms with Gasteiger partial charge in [-0.3, -0.25) is 14.9 Å². The number of non-ortho nitro benzene ring substituents is 1. The lowest BCUT2D eigenvalue weighted by Crippen LogP contribution is -2.40. The van der Waals surface area contributed by atoms with Gasteiger partial charge in [0.1, 0.15) is 6.04 Å². The van der Waals surface area contributed by atoms with Crippen molar-refractivity contribution in [1.82, 2.24) is 4.31 Å². The molecular formula is C10H11BrN2O6S. The van der Waals surface area contributed by atoms with Gasteiger partial charge in [0.25, 0.3) is 5.69 Å². The summed E-state index contributed by atoms with van der Waals surface area (Å²) in [7, 11) is -2.95. The second-order valence-electron chi connectivity index (χ2n) is 3.91. The lowest BCUT2D eigenvalue weighted by atomic mass is 10.3. The van der Waals surface area contributed by atoms with Crippen molar-refractivity contribution in [3.8, 4) is 0 Å². The highest BCUT2D eigenvalue weighted by Crippen LogP contribution is 2.29. The number of rotatable bonds is 5. The number of sulfonamides is 1. The highest BCUT2D eigenvalue weighted by atomic mass is 79.9. The molecule has 0 saturated heterocycles. The van der Waals surface area contributed by atoms with Crippen LogP contribution in [-0.4, -0.2) is 41.8 Å². The lowest BCUT2D eigenvalue weighted by molar-refractivity contribution is -0.385. The van der Waals surface area contributed by atoms with Gasteiger partial charge in [0, 0.05) is 23.7 Å². The van der Waals surface area contributed by atoms with Crippen molar-refractivity contribution in [2.45, 2.75) is 17.9 Å². The van der Waals surface area contributed by atoms with Crippen LogP contribution in [0.2, 0.25) is 0 Å². The van der Waals surface area contributed by atoms with E-state index < -0.39 is 27.0 Å². The first-order chi connectivity index (χ1) is 9.09. The predicted octanol–water partition coefficient (Wildman–Crippen LogP) is 1.45. The third-order valence-electron chi connectivity index (χ3n) is 2.69. The number of hydrogen-bond acceptors (Lipinski definition) is 5. The molecule has 1 atom stereocenters. The van der Waals surface area contributed by atoms with Crippen LogP contribution in [0.25, 0.3) is 0 Å². The third-order valence-corrected chi connectivity index (χ3v) is 5.59. The van der Waals surface area contributed by atoms with Gasteiger partial charge in [0.15, 0.2) is 0 Å². The summed E-state index contributed by atoms with van der Waals surface area (Å²) in [6.45, 7) is 1.22. The molecule has 0 spiro atoms. The molecular weight excluding hydrogens is 356 g/mol. The van der Waals surface area contributed by atoms with E-state index in [4.69, 9.17) is 5.11 Å². The van der Waals surface area contributed by atoms with Crippen LogP contribution in [0.1, 0.15) is 6.92 Å². The zero-order valence-electron chi connectivity index (χ0n) is 10.5. The van der Waals surface area contributed by atoms with Crippen LogP contribution < -0.4 is 0 Å². The Morgan fingerprint density at radius 3 is 2.45 bits per heavy atom. The number of likely N-dealkylation sites (N-methyl/N-ethyl adjacent to an activating group) is 1. The maximum atomic E-state index is 12.2. The van der Waals surface area contributed by atoms with Crippen LogP contribution in [0.15, 0.2) is 27.6 Å². The van der Waals surface area contributed by atoms with Gasteiger partial charge < -0.3 is 5.11 Å². The highest BCUT2D eigenvalue weighted by molar-refractivity contribution is 9.10. The van der Waals surface area contributed by atoms with Crippen LogP contribution in [0.4, 0.5) is 5.69 Å². The second-order valence-corrected chi connectivity index (χ2v) is 6.73.